The van der Waals surface area contributed by atoms with Gasteiger partial charge in [-0.15, -0.1) is 0 Å². The van der Waals surface area contributed by atoms with Crippen LogP contribution in [0.5, 0.6) is 0 Å². The third-order valence-corrected chi connectivity index (χ3v) is 3.51. The molecule has 0 aromatic heterocycles. The van der Waals surface area contributed by atoms with E-state index in [-0.39, 0.29) is 13.2 Å². The summed E-state index contributed by atoms with van der Waals surface area (Å²) in [5.74, 6) is -0.171. The van der Waals surface area contributed by atoms with Crippen molar-refractivity contribution in [2.24, 2.45) is 0 Å². The number of carbonyl (C=O) groups excluding carboxylic acids is 3. The summed E-state index contributed by atoms with van der Waals surface area (Å²) < 4.78 is 4.72. The summed E-state index contributed by atoms with van der Waals surface area (Å²) in [5.41, 5.74) is 1.65. The Balaban J connectivity index is 1.81. The Kier molecular flexibility index (Phi) is 5.96. The van der Waals surface area contributed by atoms with Crippen LogP contribution in [0.2, 0.25) is 0 Å². The SMILES string of the molecule is CCOC(=O)CNC(=O)Nc1ccc(N2CCC(=O)CC2)cc1. The molecule has 1 aliphatic rings. The number of nitrogens with one attached hydrogen (secondary N) is 2. The van der Waals surface area contributed by atoms with E-state index in [4.69, 9.17) is 4.74 Å². The van der Waals surface area contributed by atoms with Gasteiger partial charge in [0.1, 0.15) is 12.3 Å². The van der Waals surface area contributed by atoms with Crippen LogP contribution in [0.4, 0.5) is 16.2 Å². The normalized spacial score (nSPS) is 14.3. The molecule has 0 aliphatic carbocycles. The van der Waals surface area contributed by atoms with Gasteiger partial charge in [-0.3, -0.25) is 9.59 Å². The fourth-order valence-electron chi connectivity index (χ4n) is 2.31. The molecule has 1 aliphatic heterocycles. The molecule has 124 valence electrons. The van der Waals surface area contributed by atoms with E-state index in [1.165, 1.54) is 0 Å². The van der Waals surface area contributed by atoms with Crippen molar-refractivity contribution >= 4 is 29.2 Å². The van der Waals surface area contributed by atoms with Gasteiger partial charge in [-0.1, -0.05) is 0 Å². The Bertz CT molecular complexity index is 561. The van der Waals surface area contributed by atoms with E-state index in [1.54, 1.807) is 19.1 Å². The quantitative estimate of drug-likeness (QED) is 0.804. The van der Waals surface area contributed by atoms with E-state index in [1.807, 2.05) is 12.1 Å². The molecule has 0 saturated carbocycles. The molecule has 2 N–H and O–H groups in total. The lowest BCUT2D eigenvalue weighted by Gasteiger charge is -2.28. The number of anilines is 2. The largest absolute Gasteiger partial charge is 0.465 e. The number of benzene rings is 1. The van der Waals surface area contributed by atoms with Gasteiger partial charge in [0.2, 0.25) is 0 Å². The first-order valence-electron chi connectivity index (χ1n) is 7.65. The number of hydrogen-bond donors (Lipinski definition) is 2. The van der Waals surface area contributed by atoms with Gasteiger partial charge in [0.25, 0.3) is 0 Å². The lowest BCUT2D eigenvalue weighted by atomic mass is 10.1. The fourth-order valence-corrected chi connectivity index (χ4v) is 2.31. The number of piperidine rings is 1. The summed E-state index contributed by atoms with van der Waals surface area (Å²) in [6.45, 7) is 3.28. The molecule has 7 heteroatoms. The molecule has 1 fully saturated rings. The molecule has 0 radical (unpaired) electrons. The van der Waals surface area contributed by atoms with E-state index < -0.39 is 12.0 Å². The van der Waals surface area contributed by atoms with E-state index in [9.17, 15) is 14.4 Å². The molecule has 1 saturated heterocycles. The Labute approximate surface area is 135 Å². The van der Waals surface area contributed by atoms with Gasteiger partial charge < -0.3 is 20.3 Å². The number of nitrogens with zero attached hydrogens (tertiary/aromatic N) is 1. The fraction of sp³-hybridized carbons (Fsp3) is 0.438. The van der Waals surface area contributed by atoms with E-state index in [0.29, 0.717) is 24.3 Å². The molecule has 0 atom stereocenters. The summed E-state index contributed by atoms with van der Waals surface area (Å²) in [7, 11) is 0. The molecule has 23 heavy (non-hydrogen) atoms. The highest BCUT2D eigenvalue weighted by molar-refractivity contribution is 5.91. The van der Waals surface area contributed by atoms with Gasteiger partial charge in [-0.2, -0.15) is 0 Å². The van der Waals surface area contributed by atoms with Gasteiger partial charge in [-0.05, 0) is 31.2 Å². The summed E-state index contributed by atoms with van der Waals surface area (Å²) in [6.07, 6.45) is 1.16. The number of urea groups is 1. The van der Waals surface area contributed by atoms with Crippen molar-refractivity contribution in [3.8, 4) is 0 Å². The Hall–Kier alpha value is -2.57. The zero-order valence-electron chi connectivity index (χ0n) is 13.1. The van der Waals surface area contributed by atoms with E-state index in [2.05, 4.69) is 15.5 Å². The number of rotatable bonds is 5. The van der Waals surface area contributed by atoms with Crippen LogP contribution in [0, 0.1) is 0 Å². The molecule has 1 aromatic rings. The Morgan fingerprint density at radius 3 is 2.43 bits per heavy atom. The van der Waals surface area contributed by atoms with Crippen molar-refractivity contribution in [1.82, 2.24) is 5.32 Å². The molecule has 2 amide bonds. The number of ketones is 1. The standard InChI is InChI=1S/C16H21N3O4/c1-2-23-15(21)11-17-16(22)18-12-3-5-13(6-4-12)19-9-7-14(20)8-10-19/h3-6H,2,7-11H2,1H3,(H2,17,18,22). The highest BCUT2D eigenvalue weighted by Crippen LogP contribution is 2.20. The molecule has 0 unspecified atom stereocenters. The zero-order valence-corrected chi connectivity index (χ0v) is 13.1. The molecule has 1 aromatic carbocycles. The van der Waals surface area contributed by atoms with Crippen LogP contribution in [0.15, 0.2) is 24.3 Å². The molecule has 0 bridgehead atoms. The number of esters is 1. The Morgan fingerprint density at radius 1 is 1.17 bits per heavy atom. The van der Waals surface area contributed by atoms with Gasteiger partial charge in [0, 0.05) is 37.3 Å². The maximum absolute atomic E-state index is 11.7. The van der Waals surface area contributed by atoms with Gasteiger partial charge in [0.05, 0.1) is 6.61 Å². The minimum atomic E-state index is -0.474. The zero-order chi connectivity index (χ0) is 16.7. The highest BCUT2D eigenvalue weighted by atomic mass is 16.5. The lowest BCUT2D eigenvalue weighted by Crippen LogP contribution is -2.34. The number of ether oxygens (including phenoxy) is 1. The minimum absolute atomic E-state index is 0.167. The van der Waals surface area contributed by atoms with Crippen molar-refractivity contribution in [3.05, 3.63) is 24.3 Å². The average molecular weight is 319 g/mol. The first-order valence-corrected chi connectivity index (χ1v) is 7.65. The van der Waals surface area contributed by atoms with E-state index in [0.717, 1.165) is 18.8 Å². The van der Waals surface area contributed by atoms with E-state index >= 15 is 0 Å². The summed E-state index contributed by atoms with van der Waals surface area (Å²) in [6, 6.07) is 6.91. The lowest BCUT2D eigenvalue weighted by molar-refractivity contribution is -0.141. The highest BCUT2D eigenvalue weighted by Gasteiger charge is 2.16. The van der Waals surface area contributed by atoms with Crippen molar-refractivity contribution in [3.63, 3.8) is 0 Å². The summed E-state index contributed by atoms with van der Waals surface area (Å²) >= 11 is 0. The van der Waals surface area contributed by atoms with Crippen LogP contribution in [0.25, 0.3) is 0 Å². The smallest absolute Gasteiger partial charge is 0.325 e. The molecule has 2 rings (SSSR count). The van der Waals surface area contributed by atoms with Crippen LogP contribution in [0.1, 0.15) is 19.8 Å². The van der Waals surface area contributed by atoms with Crippen LogP contribution in [-0.4, -0.2) is 44.0 Å². The second-order valence-electron chi connectivity index (χ2n) is 5.19. The van der Waals surface area contributed by atoms with Crippen LogP contribution in [-0.2, 0) is 14.3 Å². The van der Waals surface area contributed by atoms with Crippen molar-refractivity contribution < 1.29 is 19.1 Å². The summed E-state index contributed by atoms with van der Waals surface area (Å²) in [5, 5.41) is 5.07. The van der Waals surface area contributed by atoms with Crippen LogP contribution < -0.4 is 15.5 Å². The average Bonchev–Trinajstić information content (AvgIpc) is 2.55. The van der Waals surface area contributed by atoms with Gasteiger partial charge in [0.15, 0.2) is 0 Å². The number of hydrogen-bond acceptors (Lipinski definition) is 5. The topological polar surface area (TPSA) is 87.7 Å². The number of carbonyl (C=O) groups is 3. The first-order chi connectivity index (χ1) is 11.1. The number of amides is 2. The first kappa shape index (κ1) is 16.8. The van der Waals surface area contributed by atoms with Crippen LogP contribution >= 0.6 is 0 Å². The monoisotopic (exact) mass is 319 g/mol. The van der Waals surface area contributed by atoms with Crippen LogP contribution in [0.3, 0.4) is 0 Å². The second-order valence-corrected chi connectivity index (χ2v) is 5.19. The van der Waals surface area contributed by atoms with Crippen molar-refractivity contribution in [2.75, 3.05) is 36.5 Å². The molecule has 7 nitrogen and oxygen atoms in total. The molecule has 1 heterocycles. The van der Waals surface area contributed by atoms with Gasteiger partial charge >= 0.3 is 12.0 Å². The van der Waals surface area contributed by atoms with Crippen molar-refractivity contribution in [2.45, 2.75) is 19.8 Å². The molecular formula is C16H21N3O4. The predicted molar refractivity (Wildman–Crippen MR) is 86.6 cm³/mol. The molecule has 0 spiro atoms. The maximum atomic E-state index is 11.7. The summed E-state index contributed by atoms with van der Waals surface area (Å²) in [4.78, 5) is 36.2. The third-order valence-electron chi connectivity index (χ3n) is 3.51. The van der Waals surface area contributed by atoms with Gasteiger partial charge in [-0.25, -0.2) is 4.79 Å². The molecular weight excluding hydrogens is 298 g/mol. The second kappa shape index (κ2) is 8.17. The number of Topliss-reactive ketones (excluding diaryl/α,β-unsaturated/α-hetero) is 1. The predicted octanol–water partition coefficient (Wildman–Crippen LogP) is 1.54. The Morgan fingerprint density at radius 2 is 1.83 bits per heavy atom. The maximum Gasteiger partial charge on any atom is 0.325 e. The minimum Gasteiger partial charge on any atom is -0.465 e. The third kappa shape index (κ3) is 5.28. The van der Waals surface area contributed by atoms with Crippen molar-refractivity contribution in [1.29, 1.82) is 0 Å².